The first-order valence-corrected chi connectivity index (χ1v) is 7.91. The predicted molar refractivity (Wildman–Crippen MR) is 91.2 cm³/mol. The molecule has 1 aliphatic heterocycles. The lowest BCUT2D eigenvalue weighted by Gasteiger charge is -2.22. The average Bonchev–Trinajstić information content (AvgIpc) is 2.90. The molecule has 0 fully saturated rings. The molecule has 0 spiro atoms. The third kappa shape index (κ3) is 2.98. The van der Waals surface area contributed by atoms with Gasteiger partial charge in [-0.3, -0.25) is 19.3 Å². The van der Waals surface area contributed by atoms with Crippen LogP contribution in [-0.2, 0) is 11.3 Å². The number of amides is 3. The monoisotopic (exact) mass is 338 g/mol. The number of nitrogens with one attached hydrogen (secondary N) is 1. The molecule has 1 heterocycles. The molecule has 0 bridgehead atoms. The molecular weight excluding hydrogens is 320 g/mol. The molecule has 0 saturated carbocycles. The molecule has 3 amide bonds. The van der Waals surface area contributed by atoms with Crippen molar-refractivity contribution >= 4 is 17.7 Å². The van der Waals surface area contributed by atoms with E-state index >= 15 is 0 Å². The summed E-state index contributed by atoms with van der Waals surface area (Å²) in [5, 5.41) is 2.75. The first-order valence-electron chi connectivity index (χ1n) is 7.91. The summed E-state index contributed by atoms with van der Waals surface area (Å²) in [5.41, 5.74) is 1.47. The number of carbonyl (C=O) groups excluding carboxylic acids is 3. The van der Waals surface area contributed by atoms with Crippen molar-refractivity contribution in [3.63, 3.8) is 0 Å². The summed E-state index contributed by atoms with van der Waals surface area (Å²) in [5.74, 6) is -0.627. The Labute approximate surface area is 145 Å². The van der Waals surface area contributed by atoms with Gasteiger partial charge in [-0.25, -0.2) is 0 Å². The number of benzene rings is 2. The van der Waals surface area contributed by atoms with E-state index in [0.717, 1.165) is 10.5 Å². The number of hydrogen-bond acceptors (Lipinski definition) is 4. The highest BCUT2D eigenvalue weighted by Gasteiger charge is 2.40. The van der Waals surface area contributed by atoms with Gasteiger partial charge < -0.3 is 10.1 Å². The molecule has 6 heteroatoms. The summed E-state index contributed by atoms with van der Waals surface area (Å²) in [6, 6.07) is 13.0. The fourth-order valence-electron chi connectivity index (χ4n) is 2.86. The second-order valence-corrected chi connectivity index (χ2v) is 5.73. The van der Waals surface area contributed by atoms with Gasteiger partial charge in [-0.15, -0.1) is 0 Å². The Kier molecular flexibility index (Phi) is 4.52. The number of fused-ring (bicyclic) bond motifs is 1. The first kappa shape index (κ1) is 16.7. The van der Waals surface area contributed by atoms with Crippen LogP contribution in [0.3, 0.4) is 0 Å². The summed E-state index contributed by atoms with van der Waals surface area (Å²) in [6.07, 6.45) is 0. The molecule has 1 aliphatic rings. The summed E-state index contributed by atoms with van der Waals surface area (Å²) in [6.45, 7) is 1.79. The lowest BCUT2D eigenvalue weighted by Crippen LogP contribution is -2.47. The number of carbonyl (C=O) groups is 3. The van der Waals surface area contributed by atoms with Gasteiger partial charge in [0, 0.05) is 12.1 Å². The van der Waals surface area contributed by atoms with Crippen molar-refractivity contribution in [1.29, 1.82) is 0 Å². The van der Waals surface area contributed by atoms with E-state index in [1.54, 1.807) is 44.4 Å². The van der Waals surface area contributed by atoms with Crippen LogP contribution in [-0.4, -0.2) is 35.8 Å². The van der Waals surface area contributed by atoms with Crippen LogP contribution < -0.4 is 10.1 Å². The van der Waals surface area contributed by atoms with Crippen LogP contribution in [0.25, 0.3) is 0 Å². The third-order valence-corrected chi connectivity index (χ3v) is 4.24. The normalized spacial score (nSPS) is 14.2. The highest BCUT2D eigenvalue weighted by Crippen LogP contribution is 2.24. The quantitative estimate of drug-likeness (QED) is 0.846. The predicted octanol–water partition coefficient (Wildman–Crippen LogP) is 2.00. The largest absolute Gasteiger partial charge is 0.496 e. The number of rotatable bonds is 5. The summed E-state index contributed by atoms with van der Waals surface area (Å²) in [7, 11) is 1.56. The van der Waals surface area contributed by atoms with Crippen LogP contribution in [0.5, 0.6) is 5.75 Å². The smallest absolute Gasteiger partial charge is 0.262 e. The molecule has 0 aromatic heterocycles. The van der Waals surface area contributed by atoms with Crippen molar-refractivity contribution in [1.82, 2.24) is 10.2 Å². The van der Waals surface area contributed by atoms with Crippen LogP contribution in [0.4, 0.5) is 0 Å². The Hall–Kier alpha value is -3.15. The Morgan fingerprint density at radius 2 is 1.60 bits per heavy atom. The van der Waals surface area contributed by atoms with Gasteiger partial charge in [0.2, 0.25) is 5.91 Å². The van der Waals surface area contributed by atoms with Crippen molar-refractivity contribution in [2.24, 2.45) is 0 Å². The number of imide groups is 1. The lowest BCUT2D eigenvalue weighted by molar-refractivity contribution is -0.124. The van der Waals surface area contributed by atoms with Gasteiger partial charge in [0.25, 0.3) is 11.8 Å². The fraction of sp³-hybridized carbons (Fsp3) is 0.211. The summed E-state index contributed by atoms with van der Waals surface area (Å²) >= 11 is 0. The molecule has 2 aromatic carbocycles. The maximum Gasteiger partial charge on any atom is 0.262 e. The Balaban J connectivity index is 1.71. The molecule has 0 aliphatic carbocycles. The van der Waals surface area contributed by atoms with Gasteiger partial charge in [-0.2, -0.15) is 0 Å². The molecular formula is C19H18N2O4. The Bertz CT molecular complexity index is 812. The topological polar surface area (TPSA) is 75.7 Å². The van der Waals surface area contributed by atoms with E-state index < -0.39 is 23.8 Å². The third-order valence-electron chi connectivity index (χ3n) is 4.24. The summed E-state index contributed by atoms with van der Waals surface area (Å²) < 4.78 is 5.24. The molecule has 128 valence electrons. The number of ether oxygens (including phenoxy) is 1. The van der Waals surface area contributed by atoms with E-state index in [0.29, 0.717) is 16.9 Å². The maximum atomic E-state index is 12.4. The second-order valence-electron chi connectivity index (χ2n) is 5.73. The minimum absolute atomic E-state index is 0.246. The Morgan fingerprint density at radius 1 is 1.04 bits per heavy atom. The van der Waals surface area contributed by atoms with Crippen molar-refractivity contribution in [3.8, 4) is 5.75 Å². The number of nitrogens with zero attached hydrogens (tertiary/aromatic N) is 1. The average molecular weight is 338 g/mol. The molecule has 25 heavy (non-hydrogen) atoms. The van der Waals surface area contributed by atoms with Crippen molar-refractivity contribution in [2.45, 2.75) is 19.5 Å². The zero-order valence-corrected chi connectivity index (χ0v) is 14.0. The molecule has 6 nitrogen and oxygen atoms in total. The Morgan fingerprint density at radius 3 is 2.20 bits per heavy atom. The van der Waals surface area contributed by atoms with E-state index in [2.05, 4.69) is 5.32 Å². The molecule has 3 rings (SSSR count). The minimum atomic E-state index is -0.901. The second kappa shape index (κ2) is 6.76. The van der Waals surface area contributed by atoms with Gasteiger partial charge in [0.05, 0.1) is 18.2 Å². The van der Waals surface area contributed by atoms with Crippen molar-refractivity contribution < 1.29 is 19.1 Å². The molecule has 1 atom stereocenters. The van der Waals surface area contributed by atoms with Crippen molar-refractivity contribution in [2.75, 3.05) is 7.11 Å². The number of hydrogen-bond donors (Lipinski definition) is 1. The maximum absolute atomic E-state index is 12.4. The lowest BCUT2D eigenvalue weighted by atomic mass is 10.1. The van der Waals surface area contributed by atoms with Crippen molar-refractivity contribution in [3.05, 3.63) is 65.2 Å². The van der Waals surface area contributed by atoms with Gasteiger partial charge in [0.1, 0.15) is 11.8 Å². The molecule has 0 saturated heterocycles. The van der Waals surface area contributed by atoms with E-state index in [-0.39, 0.29) is 6.54 Å². The highest BCUT2D eigenvalue weighted by atomic mass is 16.5. The molecule has 0 radical (unpaired) electrons. The zero-order chi connectivity index (χ0) is 18.0. The number of methoxy groups -OCH3 is 1. The van der Waals surface area contributed by atoms with E-state index in [1.165, 1.54) is 0 Å². The molecule has 1 N–H and O–H groups in total. The number of para-hydroxylation sites is 1. The van der Waals surface area contributed by atoms with Crippen LogP contribution in [0.15, 0.2) is 48.5 Å². The minimum Gasteiger partial charge on any atom is -0.496 e. The van der Waals surface area contributed by atoms with Gasteiger partial charge in [0.15, 0.2) is 0 Å². The molecule has 0 unspecified atom stereocenters. The highest BCUT2D eigenvalue weighted by molar-refractivity contribution is 6.22. The van der Waals surface area contributed by atoms with Gasteiger partial charge >= 0.3 is 0 Å². The van der Waals surface area contributed by atoms with Crippen LogP contribution in [0.2, 0.25) is 0 Å². The van der Waals surface area contributed by atoms with E-state index in [1.807, 2.05) is 18.2 Å². The zero-order valence-electron chi connectivity index (χ0n) is 14.0. The van der Waals surface area contributed by atoms with Crippen LogP contribution >= 0.6 is 0 Å². The van der Waals surface area contributed by atoms with Gasteiger partial charge in [-0.05, 0) is 25.1 Å². The van der Waals surface area contributed by atoms with Crippen LogP contribution in [0, 0.1) is 0 Å². The standard InChI is InChI=1S/C19H18N2O4/c1-12(17(22)20-11-13-7-3-6-10-16(13)25-2)21-18(23)14-8-4-5-9-15(14)19(21)24/h3-10,12H,11H2,1-2H3,(H,20,22)/t12-/m0/s1. The molecule has 2 aromatic rings. The summed E-state index contributed by atoms with van der Waals surface area (Å²) in [4.78, 5) is 38.3. The SMILES string of the molecule is COc1ccccc1CNC(=O)[C@H](C)N1C(=O)c2ccccc2C1=O. The van der Waals surface area contributed by atoms with Crippen LogP contribution in [0.1, 0.15) is 33.2 Å². The van der Waals surface area contributed by atoms with E-state index in [9.17, 15) is 14.4 Å². The fourth-order valence-corrected chi connectivity index (χ4v) is 2.86. The van der Waals surface area contributed by atoms with E-state index in [4.69, 9.17) is 4.74 Å². The van der Waals surface area contributed by atoms with Gasteiger partial charge in [-0.1, -0.05) is 30.3 Å². The first-order chi connectivity index (χ1) is 12.0.